The molecule has 0 unspecified atom stereocenters. The van der Waals surface area contributed by atoms with E-state index in [1.165, 1.54) is 11.8 Å². The van der Waals surface area contributed by atoms with Crippen molar-refractivity contribution in [3.05, 3.63) is 30.3 Å². The third-order valence-electron chi connectivity index (χ3n) is 3.50. The number of primary amides is 1. The second-order valence-corrected chi connectivity index (χ2v) is 6.12. The van der Waals surface area contributed by atoms with Crippen LogP contribution in [0.25, 0.3) is 11.4 Å². The van der Waals surface area contributed by atoms with Gasteiger partial charge in [0.05, 0.1) is 18.4 Å². The highest BCUT2D eigenvalue weighted by molar-refractivity contribution is 7.99. The molecule has 1 aliphatic heterocycles. The average molecular weight is 318 g/mol. The van der Waals surface area contributed by atoms with Gasteiger partial charge in [0.2, 0.25) is 5.91 Å². The fourth-order valence-corrected chi connectivity index (χ4v) is 3.18. The van der Waals surface area contributed by atoms with Crippen LogP contribution in [-0.4, -0.2) is 39.1 Å². The molecule has 2 heterocycles. The van der Waals surface area contributed by atoms with Crippen molar-refractivity contribution in [2.24, 2.45) is 5.73 Å². The maximum Gasteiger partial charge on any atom is 0.227 e. The van der Waals surface area contributed by atoms with Gasteiger partial charge in [-0.15, -0.1) is 10.2 Å². The zero-order valence-electron chi connectivity index (χ0n) is 12.1. The molecule has 1 aliphatic rings. The van der Waals surface area contributed by atoms with Gasteiger partial charge in [0, 0.05) is 12.2 Å². The fraction of sp³-hybridized carbons (Fsp3) is 0.400. The molecule has 2 N–H and O–H groups in total. The van der Waals surface area contributed by atoms with E-state index in [1.54, 1.807) is 0 Å². The van der Waals surface area contributed by atoms with Crippen molar-refractivity contribution in [2.45, 2.75) is 30.6 Å². The van der Waals surface area contributed by atoms with Crippen molar-refractivity contribution in [1.82, 2.24) is 14.8 Å². The minimum absolute atomic E-state index is 0.173. The van der Waals surface area contributed by atoms with E-state index in [4.69, 9.17) is 10.5 Å². The second-order valence-electron chi connectivity index (χ2n) is 5.17. The summed E-state index contributed by atoms with van der Waals surface area (Å²) in [7, 11) is 0. The molecule has 1 saturated heterocycles. The predicted molar refractivity (Wildman–Crippen MR) is 84.4 cm³/mol. The molecule has 3 rings (SSSR count). The van der Waals surface area contributed by atoms with E-state index >= 15 is 0 Å². The molecule has 22 heavy (non-hydrogen) atoms. The molecule has 1 aromatic carbocycles. The zero-order chi connectivity index (χ0) is 15.4. The number of hydrogen-bond donors (Lipinski definition) is 1. The Morgan fingerprint density at radius 3 is 2.86 bits per heavy atom. The maximum absolute atomic E-state index is 11.0. The molecule has 1 amide bonds. The highest BCUT2D eigenvalue weighted by Gasteiger charge is 2.21. The highest BCUT2D eigenvalue weighted by atomic mass is 32.2. The van der Waals surface area contributed by atoms with Gasteiger partial charge in [-0.1, -0.05) is 42.1 Å². The third kappa shape index (κ3) is 3.48. The Hall–Kier alpha value is -1.86. The Balaban J connectivity index is 1.89. The molecule has 116 valence electrons. The van der Waals surface area contributed by atoms with E-state index in [0.717, 1.165) is 30.8 Å². The number of ether oxygens (including phenoxy) is 1. The van der Waals surface area contributed by atoms with Crippen LogP contribution in [0.2, 0.25) is 0 Å². The number of amides is 1. The first kappa shape index (κ1) is 15.1. The van der Waals surface area contributed by atoms with E-state index in [1.807, 2.05) is 34.9 Å². The van der Waals surface area contributed by atoms with E-state index < -0.39 is 0 Å². The number of rotatable bonds is 6. The number of aromatic nitrogens is 3. The van der Waals surface area contributed by atoms with Crippen LogP contribution < -0.4 is 5.73 Å². The van der Waals surface area contributed by atoms with Crippen molar-refractivity contribution >= 4 is 17.7 Å². The standard InChI is InChI=1S/C15H18N4O2S/c16-13(20)10-22-15-18-17-14(11-5-2-1-3-6-11)19(15)9-12-7-4-8-21-12/h1-3,5-6,12H,4,7-10H2,(H2,16,20)/t12-/m1/s1. The molecule has 1 atom stereocenters. The van der Waals surface area contributed by atoms with Crippen molar-refractivity contribution in [3.63, 3.8) is 0 Å². The van der Waals surface area contributed by atoms with Gasteiger partial charge in [0.15, 0.2) is 11.0 Å². The molecule has 0 spiro atoms. The Bertz CT molecular complexity index is 638. The first-order valence-electron chi connectivity index (χ1n) is 7.25. The Labute approximate surface area is 133 Å². The van der Waals surface area contributed by atoms with Crippen LogP contribution in [0.1, 0.15) is 12.8 Å². The van der Waals surface area contributed by atoms with Crippen LogP contribution in [-0.2, 0) is 16.1 Å². The molecule has 0 radical (unpaired) electrons. The van der Waals surface area contributed by atoms with Crippen molar-refractivity contribution in [1.29, 1.82) is 0 Å². The number of thioether (sulfide) groups is 1. The summed E-state index contributed by atoms with van der Waals surface area (Å²) in [6.07, 6.45) is 2.29. The molecule has 2 aromatic rings. The van der Waals surface area contributed by atoms with Gasteiger partial charge >= 0.3 is 0 Å². The number of nitrogens with two attached hydrogens (primary N) is 1. The molecule has 1 fully saturated rings. The lowest BCUT2D eigenvalue weighted by molar-refractivity contribution is -0.115. The van der Waals surface area contributed by atoms with Crippen LogP contribution in [0.5, 0.6) is 0 Å². The molecule has 0 aliphatic carbocycles. The van der Waals surface area contributed by atoms with Crippen LogP contribution in [0, 0.1) is 0 Å². The van der Waals surface area contributed by atoms with Crippen molar-refractivity contribution in [2.75, 3.05) is 12.4 Å². The number of hydrogen-bond acceptors (Lipinski definition) is 5. The molecule has 7 heteroatoms. The highest BCUT2D eigenvalue weighted by Crippen LogP contribution is 2.26. The summed E-state index contributed by atoms with van der Waals surface area (Å²) in [5, 5.41) is 9.21. The molecule has 0 bridgehead atoms. The lowest BCUT2D eigenvalue weighted by Crippen LogP contribution is -2.18. The van der Waals surface area contributed by atoms with Gasteiger partial charge in [0.25, 0.3) is 0 Å². The molecule has 0 saturated carbocycles. The van der Waals surface area contributed by atoms with E-state index in [2.05, 4.69) is 10.2 Å². The number of carbonyl (C=O) groups excluding carboxylic acids is 1. The fourth-order valence-electron chi connectivity index (χ4n) is 2.49. The molecule has 6 nitrogen and oxygen atoms in total. The summed E-state index contributed by atoms with van der Waals surface area (Å²) in [4.78, 5) is 11.0. The summed E-state index contributed by atoms with van der Waals surface area (Å²) in [6.45, 7) is 1.50. The van der Waals surface area contributed by atoms with Gasteiger partial charge in [-0.3, -0.25) is 9.36 Å². The van der Waals surface area contributed by atoms with E-state index in [9.17, 15) is 4.79 Å². The topological polar surface area (TPSA) is 83.0 Å². The maximum atomic E-state index is 11.0. The summed E-state index contributed by atoms with van der Waals surface area (Å²) in [5.74, 6) is 0.624. The van der Waals surface area contributed by atoms with Gasteiger partial charge in [0.1, 0.15) is 0 Å². The molecular weight excluding hydrogens is 300 g/mol. The predicted octanol–water partition coefficient (Wildman–Crippen LogP) is 1.70. The monoisotopic (exact) mass is 318 g/mol. The van der Waals surface area contributed by atoms with Gasteiger partial charge in [-0.05, 0) is 12.8 Å². The van der Waals surface area contributed by atoms with Gasteiger partial charge in [-0.2, -0.15) is 0 Å². The van der Waals surface area contributed by atoms with E-state index in [0.29, 0.717) is 11.7 Å². The summed E-state index contributed by atoms with van der Waals surface area (Å²) < 4.78 is 7.75. The first-order chi connectivity index (χ1) is 10.7. The summed E-state index contributed by atoms with van der Waals surface area (Å²) >= 11 is 1.31. The third-order valence-corrected chi connectivity index (χ3v) is 4.49. The lowest BCUT2D eigenvalue weighted by Gasteiger charge is -2.14. The number of carbonyl (C=O) groups is 1. The molecule has 1 aromatic heterocycles. The zero-order valence-corrected chi connectivity index (χ0v) is 13.0. The largest absolute Gasteiger partial charge is 0.376 e. The minimum Gasteiger partial charge on any atom is -0.376 e. The lowest BCUT2D eigenvalue weighted by atomic mass is 10.2. The average Bonchev–Trinajstić information content (AvgIpc) is 3.16. The van der Waals surface area contributed by atoms with Crippen LogP contribution in [0.3, 0.4) is 0 Å². The Morgan fingerprint density at radius 1 is 1.36 bits per heavy atom. The summed E-state index contributed by atoms with van der Waals surface area (Å²) in [5.41, 5.74) is 6.23. The van der Waals surface area contributed by atoms with Gasteiger partial charge < -0.3 is 10.5 Å². The summed E-state index contributed by atoms with van der Waals surface area (Å²) in [6, 6.07) is 9.90. The van der Waals surface area contributed by atoms with Gasteiger partial charge in [-0.25, -0.2) is 0 Å². The van der Waals surface area contributed by atoms with Crippen molar-refractivity contribution < 1.29 is 9.53 Å². The number of benzene rings is 1. The van der Waals surface area contributed by atoms with Crippen LogP contribution >= 0.6 is 11.8 Å². The molecular formula is C15H18N4O2S. The second kappa shape index (κ2) is 6.93. The normalized spacial score (nSPS) is 17.7. The Kier molecular flexibility index (Phi) is 4.74. The Morgan fingerprint density at radius 2 is 2.18 bits per heavy atom. The SMILES string of the molecule is NC(=O)CSc1nnc(-c2ccccc2)n1C[C@H]1CCCO1. The minimum atomic E-state index is -0.363. The van der Waals surface area contributed by atoms with Crippen LogP contribution in [0.4, 0.5) is 0 Å². The van der Waals surface area contributed by atoms with Crippen molar-refractivity contribution in [3.8, 4) is 11.4 Å². The van der Waals surface area contributed by atoms with E-state index in [-0.39, 0.29) is 17.8 Å². The van der Waals surface area contributed by atoms with Crippen LogP contribution in [0.15, 0.2) is 35.5 Å². The smallest absolute Gasteiger partial charge is 0.227 e. The number of nitrogens with zero attached hydrogens (tertiary/aromatic N) is 3. The quantitative estimate of drug-likeness (QED) is 0.820. The first-order valence-corrected chi connectivity index (χ1v) is 8.24.